The van der Waals surface area contributed by atoms with Crippen molar-refractivity contribution in [3.63, 3.8) is 0 Å². The van der Waals surface area contributed by atoms with Gasteiger partial charge in [0.2, 0.25) is 0 Å². The van der Waals surface area contributed by atoms with Crippen molar-refractivity contribution in [2.75, 3.05) is 32.7 Å². The van der Waals surface area contributed by atoms with Crippen molar-refractivity contribution in [3.8, 4) is 0 Å². The van der Waals surface area contributed by atoms with E-state index in [2.05, 4.69) is 17.1 Å². The van der Waals surface area contributed by atoms with Crippen LogP contribution in [-0.2, 0) is 0 Å². The summed E-state index contributed by atoms with van der Waals surface area (Å²) in [5.74, 6) is -0.849. The Morgan fingerprint density at radius 1 is 1.24 bits per heavy atom. The molecule has 1 heterocycles. The third-order valence-electron chi connectivity index (χ3n) is 3.92. The van der Waals surface area contributed by atoms with E-state index in [1.165, 1.54) is 32.0 Å². The summed E-state index contributed by atoms with van der Waals surface area (Å²) in [6.45, 7) is 6.61. The standard InChI is InChI=1S/C16H24F2N2O/c1-12(11-20-6-2-3-7-20)9-19-10-16(21)14-5-4-13(17)8-15(14)18/h4-5,8,12,16,19,21H,2-3,6-7,9-11H2,1H3. The van der Waals surface area contributed by atoms with E-state index in [1.807, 2.05) is 0 Å². The van der Waals surface area contributed by atoms with Gasteiger partial charge in [-0.05, 0) is 44.5 Å². The summed E-state index contributed by atoms with van der Waals surface area (Å²) in [4.78, 5) is 2.45. The molecular formula is C16H24F2N2O. The van der Waals surface area contributed by atoms with Crippen LogP contribution < -0.4 is 5.32 Å². The van der Waals surface area contributed by atoms with Gasteiger partial charge in [0.15, 0.2) is 0 Å². The molecular weight excluding hydrogens is 274 g/mol. The second-order valence-electron chi connectivity index (χ2n) is 5.95. The Kier molecular flexibility index (Phi) is 6.08. The number of benzene rings is 1. The maximum atomic E-state index is 13.5. The molecule has 1 saturated heterocycles. The molecule has 3 nitrogen and oxygen atoms in total. The SMILES string of the molecule is CC(CNCC(O)c1ccc(F)cc1F)CN1CCCC1. The van der Waals surface area contributed by atoms with Gasteiger partial charge in [-0.2, -0.15) is 0 Å². The van der Waals surface area contributed by atoms with Crippen molar-refractivity contribution in [2.24, 2.45) is 5.92 Å². The van der Waals surface area contributed by atoms with Crippen molar-refractivity contribution in [3.05, 3.63) is 35.4 Å². The highest BCUT2D eigenvalue weighted by molar-refractivity contribution is 5.21. The van der Waals surface area contributed by atoms with Crippen LogP contribution in [0.15, 0.2) is 18.2 Å². The zero-order chi connectivity index (χ0) is 15.2. The molecule has 2 rings (SSSR count). The van der Waals surface area contributed by atoms with Gasteiger partial charge in [-0.3, -0.25) is 0 Å². The zero-order valence-corrected chi connectivity index (χ0v) is 12.5. The first kappa shape index (κ1) is 16.3. The van der Waals surface area contributed by atoms with Crippen LogP contribution in [0, 0.1) is 17.6 Å². The third-order valence-corrected chi connectivity index (χ3v) is 3.92. The van der Waals surface area contributed by atoms with E-state index in [1.54, 1.807) is 0 Å². The van der Waals surface area contributed by atoms with Crippen LogP contribution in [0.1, 0.15) is 31.4 Å². The highest BCUT2D eigenvalue weighted by Gasteiger charge is 2.16. The van der Waals surface area contributed by atoms with Crippen molar-refractivity contribution < 1.29 is 13.9 Å². The monoisotopic (exact) mass is 298 g/mol. The summed E-state index contributed by atoms with van der Waals surface area (Å²) >= 11 is 0. The first-order chi connectivity index (χ1) is 10.1. The molecule has 0 bridgehead atoms. The third kappa shape index (κ3) is 5.02. The maximum absolute atomic E-state index is 13.5. The van der Waals surface area contributed by atoms with Gasteiger partial charge in [-0.15, -0.1) is 0 Å². The summed E-state index contributed by atoms with van der Waals surface area (Å²) < 4.78 is 26.3. The van der Waals surface area contributed by atoms with E-state index >= 15 is 0 Å². The number of likely N-dealkylation sites (tertiary alicyclic amines) is 1. The molecule has 0 spiro atoms. The topological polar surface area (TPSA) is 35.5 Å². The molecule has 0 saturated carbocycles. The zero-order valence-electron chi connectivity index (χ0n) is 12.5. The van der Waals surface area contributed by atoms with Crippen LogP contribution in [0.5, 0.6) is 0 Å². The van der Waals surface area contributed by atoms with Gasteiger partial charge >= 0.3 is 0 Å². The minimum atomic E-state index is -0.954. The molecule has 1 aliphatic heterocycles. The van der Waals surface area contributed by atoms with E-state index in [4.69, 9.17) is 0 Å². The largest absolute Gasteiger partial charge is 0.387 e. The summed E-state index contributed by atoms with van der Waals surface area (Å²) in [5.41, 5.74) is 0.135. The van der Waals surface area contributed by atoms with E-state index in [-0.39, 0.29) is 12.1 Å². The van der Waals surface area contributed by atoms with E-state index in [0.29, 0.717) is 5.92 Å². The number of halogens is 2. The Morgan fingerprint density at radius 3 is 2.62 bits per heavy atom. The molecule has 2 N–H and O–H groups in total. The lowest BCUT2D eigenvalue weighted by molar-refractivity contribution is 0.166. The van der Waals surface area contributed by atoms with Gasteiger partial charge in [0.25, 0.3) is 0 Å². The average molecular weight is 298 g/mol. The van der Waals surface area contributed by atoms with Crippen LogP contribution in [-0.4, -0.2) is 42.7 Å². The van der Waals surface area contributed by atoms with Crippen LogP contribution in [0.4, 0.5) is 8.78 Å². The molecule has 21 heavy (non-hydrogen) atoms. The average Bonchev–Trinajstić information content (AvgIpc) is 2.91. The molecule has 5 heteroatoms. The number of aliphatic hydroxyl groups is 1. The van der Waals surface area contributed by atoms with Crippen molar-refractivity contribution in [1.82, 2.24) is 10.2 Å². The Hall–Kier alpha value is -1.04. The normalized spacial score (nSPS) is 18.9. The summed E-state index contributed by atoms with van der Waals surface area (Å²) in [7, 11) is 0. The smallest absolute Gasteiger partial charge is 0.131 e. The van der Waals surface area contributed by atoms with Gasteiger partial charge in [0.1, 0.15) is 11.6 Å². The molecule has 0 radical (unpaired) electrons. The fourth-order valence-electron chi connectivity index (χ4n) is 2.82. The van der Waals surface area contributed by atoms with Crippen molar-refractivity contribution in [1.29, 1.82) is 0 Å². The lowest BCUT2D eigenvalue weighted by Gasteiger charge is -2.21. The number of nitrogens with one attached hydrogen (secondary N) is 1. The first-order valence-corrected chi connectivity index (χ1v) is 7.62. The molecule has 1 aromatic rings. The highest BCUT2D eigenvalue weighted by atomic mass is 19.1. The predicted molar refractivity (Wildman–Crippen MR) is 79.0 cm³/mol. The molecule has 2 unspecified atom stereocenters. The quantitative estimate of drug-likeness (QED) is 0.811. The van der Waals surface area contributed by atoms with Gasteiger partial charge in [0, 0.05) is 24.7 Å². The summed E-state index contributed by atoms with van der Waals surface area (Å²) in [6, 6.07) is 3.26. The Morgan fingerprint density at radius 2 is 1.95 bits per heavy atom. The molecule has 0 aliphatic carbocycles. The fourth-order valence-corrected chi connectivity index (χ4v) is 2.82. The van der Waals surface area contributed by atoms with Crippen LogP contribution in [0.25, 0.3) is 0 Å². The van der Waals surface area contributed by atoms with Crippen molar-refractivity contribution >= 4 is 0 Å². The second-order valence-corrected chi connectivity index (χ2v) is 5.95. The lowest BCUT2D eigenvalue weighted by Crippen LogP contribution is -2.33. The number of hydrogen-bond donors (Lipinski definition) is 2. The van der Waals surface area contributed by atoms with Gasteiger partial charge < -0.3 is 15.3 Å². The molecule has 1 aromatic carbocycles. The first-order valence-electron chi connectivity index (χ1n) is 7.62. The molecule has 1 fully saturated rings. The Balaban J connectivity index is 1.71. The minimum Gasteiger partial charge on any atom is -0.387 e. The number of nitrogens with zero attached hydrogens (tertiary/aromatic N) is 1. The summed E-state index contributed by atoms with van der Waals surface area (Å²) in [6.07, 6.45) is 1.61. The fraction of sp³-hybridized carbons (Fsp3) is 0.625. The predicted octanol–water partition coefficient (Wildman–Crippen LogP) is 2.32. The van der Waals surface area contributed by atoms with Gasteiger partial charge in [-0.25, -0.2) is 8.78 Å². The van der Waals surface area contributed by atoms with Gasteiger partial charge in [-0.1, -0.05) is 13.0 Å². The molecule has 118 valence electrons. The lowest BCUT2D eigenvalue weighted by atomic mass is 10.1. The summed E-state index contributed by atoms with van der Waals surface area (Å²) in [5, 5.41) is 13.1. The second kappa shape index (κ2) is 7.82. The highest BCUT2D eigenvalue weighted by Crippen LogP contribution is 2.17. The maximum Gasteiger partial charge on any atom is 0.131 e. The van der Waals surface area contributed by atoms with E-state index in [9.17, 15) is 13.9 Å². The van der Waals surface area contributed by atoms with Crippen LogP contribution >= 0.6 is 0 Å². The van der Waals surface area contributed by atoms with E-state index < -0.39 is 17.7 Å². The Labute approximate surface area is 125 Å². The number of rotatable bonds is 7. The Bertz CT molecular complexity index is 450. The van der Waals surface area contributed by atoms with Gasteiger partial charge in [0.05, 0.1) is 6.10 Å². The van der Waals surface area contributed by atoms with Crippen molar-refractivity contribution in [2.45, 2.75) is 25.9 Å². The molecule has 0 aromatic heterocycles. The number of aliphatic hydroxyl groups excluding tert-OH is 1. The number of hydrogen-bond acceptors (Lipinski definition) is 3. The minimum absolute atomic E-state index is 0.135. The van der Waals surface area contributed by atoms with Crippen LogP contribution in [0.2, 0.25) is 0 Å². The molecule has 2 atom stereocenters. The molecule has 1 aliphatic rings. The van der Waals surface area contributed by atoms with Crippen LogP contribution in [0.3, 0.4) is 0 Å². The molecule has 0 amide bonds. The van der Waals surface area contributed by atoms with E-state index in [0.717, 1.165) is 25.2 Å².